The van der Waals surface area contributed by atoms with Crippen molar-refractivity contribution in [3.05, 3.63) is 65.5 Å². The average molecular weight is 573 g/mol. The number of methoxy groups -OCH3 is 1. The van der Waals surface area contributed by atoms with E-state index >= 15 is 0 Å². The number of anilines is 4. The molecule has 4 N–H and O–H groups in total. The smallest absolute Gasteiger partial charge is 0.416 e. The highest BCUT2D eigenvalue weighted by molar-refractivity contribution is 6.05. The maximum Gasteiger partial charge on any atom is 0.416 e. The first kappa shape index (κ1) is 29.6. The molecule has 0 atom stereocenters. The van der Waals surface area contributed by atoms with E-state index in [9.17, 15) is 22.8 Å². The lowest BCUT2D eigenvalue weighted by Gasteiger charge is -2.33. The molecule has 0 radical (unpaired) electrons. The Hall–Kier alpha value is -4.43. The van der Waals surface area contributed by atoms with Gasteiger partial charge in [0.15, 0.2) is 0 Å². The molecule has 1 saturated heterocycles. The van der Waals surface area contributed by atoms with Gasteiger partial charge in [-0.1, -0.05) is 6.07 Å². The summed E-state index contributed by atoms with van der Waals surface area (Å²) >= 11 is 0. The van der Waals surface area contributed by atoms with Crippen LogP contribution in [-0.2, 0) is 12.7 Å². The van der Waals surface area contributed by atoms with Gasteiger partial charge in [0, 0.05) is 74.9 Å². The summed E-state index contributed by atoms with van der Waals surface area (Å²) in [4.78, 5) is 38.9. The molecule has 1 fully saturated rings. The summed E-state index contributed by atoms with van der Waals surface area (Å²) in [5.41, 5.74) is 5.22. The molecule has 3 aromatic rings. The number of alkyl halides is 3. The largest absolute Gasteiger partial charge is 0.497 e. The molecule has 0 saturated carbocycles. The predicted molar refractivity (Wildman–Crippen MR) is 149 cm³/mol. The van der Waals surface area contributed by atoms with Crippen molar-refractivity contribution in [1.82, 2.24) is 19.8 Å². The Balaban J connectivity index is 1.51. The second-order valence-corrected chi connectivity index (χ2v) is 9.64. The minimum absolute atomic E-state index is 0.111. The summed E-state index contributed by atoms with van der Waals surface area (Å²) in [6.07, 6.45) is -3.41. The average Bonchev–Trinajstić information content (AvgIpc) is 2.93. The first-order valence-corrected chi connectivity index (χ1v) is 12.7. The first-order chi connectivity index (χ1) is 19.4. The molecule has 1 aliphatic heterocycles. The molecular weight excluding hydrogens is 541 g/mol. The van der Waals surface area contributed by atoms with E-state index in [4.69, 9.17) is 10.5 Å². The van der Waals surface area contributed by atoms with Crippen LogP contribution < -0.4 is 26.0 Å². The predicted octanol–water partition coefficient (Wildman–Crippen LogP) is 3.75. The lowest BCUT2D eigenvalue weighted by atomic mass is 10.0. The van der Waals surface area contributed by atoms with E-state index in [0.717, 1.165) is 19.2 Å². The molecule has 14 heteroatoms. The van der Waals surface area contributed by atoms with E-state index in [0.29, 0.717) is 18.8 Å². The van der Waals surface area contributed by atoms with Crippen molar-refractivity contribution < 1.29 is 27.5 Å². The van der Waals surface area contributed by atoms with Crippen LogP contribution >= 0.6 is 0 Å². The van der Waals surface area contributed by atoms with E-state index in [-0.39, 0.29) is 40.7 Å². The Bertz CT molecular complexity index is 1410. The van der Waals surface area contributed by atoms with Gasteiger partial charge in [-0.25, -0.2) is 14.8 Å². The van der Waals surface area contributed by atoms with Crippen LogP contribution in [0.5, 0.6) is 5.75 Å². The Morgan fingerprint density at radius 2 is 1.71 bits per heavy atom. The van der Waals surface area contributed by atoms with Gasteiger partial charge in [0.1, 0.15) is 23.7 Å². The number of nitrogens with one attached hydrogen (secondary N) is 2. The number of likely N-dealkylation sites (N-methyl/N-ethyl adjacent to an activating group) is 1. The minimum Gasteiger partial charge on any atom is -0.497 e. The maximum absolute atomic E-state index is 14.0. The van der Waals surface area contributed by atoms with Crippen molar-refractivity contribution in [1.29, 1.82) is 0 Å². The SMILES string of the molecule is COc1cc(NC(=O)c2ccc(CN3CCN(C)CC3)c(C(F)(F)F)c2)cc(NC(=O)N(C)c2cc(N)ncn2)c1. The van der Waals surface area contributed by atoms with E-state index in [1.807, 2.05) is 11.9 Å². The van der Waals surface area contributed by atoms with Gasteiger partial charge < -0.3 is 26.0 Å². The fourth-order valence-corrected chi connectivity index (χ4v) is 4.29. The number of rotatable bonds is 7. The summed E-state index contributed by atoms with van der Waals surface area (Å²) < 4.78 is 47.2. The number of nitrogens with zero attached hydrogens (tertiary/aromatic N) is 5. The molecule has 11 nitrogen and oxygen atoms in total. The number of urea groups is 1. The summed E-state index contributed by atoms with van der Waals surface area (Å²) in [6, 6.07) is 8.89. The van der Waals surface area contributed by atoms with Gasteiger partial charge in [-0.15, -0.1) is 0 Å². The van der Waals surface area contributed by atoms with Crippen LogP contribution in [0.1, 0.15) is 21.5 Å². The summed E-state index contributed by atoms with van der Waals surface area (Å²) in [6.45, 7) is 3.01. The van der Waals surface area contributed by atoms with Gasteiger partial charge in [-0.2, -0.15) is 13.2 Å². The Morgan fingerprint density at radius 1 is 1.02 bits per heavy atom. The van der Waals surface area contributed by atoms with Gasteiger partial charge in [0.25, 0.3) is 5.91 Å². The van der Waals surface area contributed by atoms with Gasteiger partial charge in [-0.3, -0.25) is 14.6 Å². The Labute approximate surface area is 235 Å². The van der Waals surface area contributed by atoms with Gasteiger partial charge in [0.2, 0.25) is 0 Å². The second kappa shape index (κ2) is 12.4. The third-order valence-corrected chi connectivity index (χ3v) is 6.64. The number of piperazine rings is 1. The molecular formula is C27H31F3N8O3. The number of hydrogen-bond acceptors (Lipinski definition) is 8. The van der Waals surface area contributed by atoms with Crippen molar-refractivity contribution in [2.75, 3.05) is 68.7 Å². The Kier molecular flexibility index (Phi) is 8.93. The molecule has 41 heavy (non-hydrogen) atoms. The molecule has 1 aromatic heterocycles. The minimum atomic E-state index is -4.63. The van der Waals surface area contributed by atoms with E-state index in [1.165, 1.54) is 61.8 Å². The van der Waals surface area contributed by atoms with Crippen LogP contribution in [0.3, 0.4) is 0 Å². The number of hydrogen-bond donors (Lipinski definition) is 3. The number of amides is 3. The second-order valence-electron chi connectivity index (χ2n) is 9.64. The first-order valence-electron chi connectivity index (χ1n) is 12.7. The topological polar surface area (TPSA) is 129 Å². The summed E-state index contributed by atoms with van der Waals surface area (Å²) in [7, 11) is 4.85. The Morgan fingerprint density at radius 3 is 2.34 bits per heavy atom. The number of nitrogen functional groups attached to an aromatic ring is 1. The van der Waals surface area contributed by atoms with Crippen LogP contribution in [0.4, 0.5) is 41.0 Å². The zero-order valence-corrected chi connectivity index (χ0v) is 22.8. The third-order valence-electron chi connectivity index (χ3n) is 6.64. The van der Waals surface area contributed by atoms with Crippen LogP contribution in [-0.4, -0.2) is 79.1 Å². The standard InChI is InChI=1S/C27H31F3N8O3/c1-36-6-8-38(9-7-36)15-18-5-4-17(10-22(18)27(28,29)30)25(39)34-19-11-20(13-21(12-19)41-3)35-26(40)37(2)24-14-23(31)32-16-33-24/h4-5,10-14,16H,6-9,15H2,1-3H3,(H,34,39)(H,35,40)(H2,31,32,33). The highest BCUT2D eigenvalue weighted by atomic mass is 19.4. The zero-order valence-electron chi connectivity index (χ0n) is 22.8. The van der Waals surface area contributed by atoms with Crippen molar-refractivity contribution in [2.24, 2.45) is 0 Å². The van der Waals surface area contributed by atoms with Crippen molar-refractivity contribution in [3.63, 3.8) is 0 Å². The highest BCUT2D eigenvalue weighted by Crippen LogP contribution is 2.34. The number of nitrogens with two attached hydrogens (primary N) is 1. The lowest BCUT2D eigenvalue weighted by molar-refractivity contribution is -0.138. The van der Waals surface area contributed by atoms with Gasteiger partial charge in [-0.05, 0) is 30.8 Å². The monoisotopic (exact) mass is 572 g/mol. The molecule has 2 aromatic carbocycles. The molecule has 218 valence electrons. The van der Waals surface area contributed by atoms with Crippen molar-refractivity contribution in [3.8, 4) is 5.75 Å². The molecule has 3 amide bonds. The number of aromatic nitrogens is 2. The van der Waals surface area contributed by atoms with E-state index in [2.05, 4.69) is 25.5 Å². The lowest BCUT2D eigenvalue weighted by Crippen LogP contribution is -2.44. The molecule has 0 unspecified atom stereocenters. The van der Waals surface area contributed by atoms with Gasteiger partial charge in [0.05, 0.1) is 12.7 Å². The van der Waals surface area contributed by atoms with E-state index in [1.54, 1.807) is 0 Å². The van der Waals surface area contributed by atoms with Gasteiger partial charge >= 0.3 is 12.2 Å². The zero-order chi connectivity index (χ0) is 29.7. The highest BCUT2D eigenvalue weighted by Gasteiger charge is 2.34. The van der Waals surface area contributed by atoms with Crippen LogP contribution in [0, 0.1) is 0 Å². The quantitative estimate of drug-likeness (QED) is 0.391. The molecule has 2 heterocycles. The summed E-state index contributed by atoms with van der Waals surface area (Å²) in [5, 5.41) is 5.26. The van der Waals surface area contributed by atoms with Crippen molar-refractivity contribution >= 4 is 34.9 Å². The van der Waals surface area contributed by atoms with Crippen LogP contribution in [0.15, 0.2) is 48.8 Å². The number of ether oxygens (including phenoxy) is 1. The van der Waals surface area contributed by atoms with E-state index < -0.39 is 23.7 Å². The number of carbonyl (C=O) groups excluding carboxylic acids is 2. The number of benzene rings is 2. The summed E-state index contributed by atoms with van der Waals surface area (Å²) in [5.74, 6) is -0.0173. The fraction of sp³-hybridized carbons (Fsp3) is 0.333. The van der Waals surface area contributed by atoms with Crippen LogP contribution in [0.25, 0.3) is 0 Å². The molecule has 1 aliphatic rings. The van der Waals surface area contributed by atoms with Crippen LogP contribution in [0.2, 0.25) is 0 Å². The normalized spacial score (nSPS) is 14.4. The number of carbonyl (C=O) groups is 2. The molecule has 0 spiro atoms. The molecule has 4 rings (SSSR count). The van der Waals surface area contributed by atoms with Crippen molar-refractivity contribution in [2.45, 2.75) is 12.7 Å². The third kappa shape index (κ3) is 7.61. The fourth-order valence-electron chi connectivity index (χ4n) is 4.29. The maximum atomic E-state index is 14.0. The number of halogens is 3. The molecule has 0 aliphatic carbocycles. The molecule has 0 bridgehead atoms.